The normalized spacial score (nSPS) is 13.6. The maximum atomic E-state index is 13.3. The smallest absolute Gasteiger partial charge is 0.163 e. The Bertz CT molecular complexity index is 802. The summed E-state index contributed by atoms with van der Waals surface area (Å²) in [6.07, 6.45) is 0. The van der Waals surface area contributed by atoms with Crippen LogP contribution in [-0.4, -0.2) is 23.2 Å². The SMILES string of the molecule is Fc1ccc(-c2nc3cc4c(cc3[nH]2)OCCO4)cc1F. The van der Waals surface area contributed by atoms with Crippen molar-refractivity contribution in [3.05, 3.63) is 42.0 Å². The number of aromatic amines is 1. The summed E-state index contributed by atoms with van der Waals surface area (Å²) >= 11 is 0. The van der Waals surface area contributed by atoms with E-state index in [-0.39, 0.29) is 0 Å². The summed E-state index contributed by atoms with van der Waals surface area (Å²) in [6.45, 7) is 1.00. The summed E-state index contributed by atoms with van der Waals surface area (Å²) in [7, 11) is 0. The van der Waals surface area contributed by atoms with Crippen LogP contribution in [-0.2, 0) is 0 Å². The molecule has 0 fully saturated rings. The molecule has 2 aromatic carbocycles. The second-order valence-electron chi connectivity index (χ2n) is 4.73. The number of rotatable bonds is 1. The molecule has 0 bridgehead atoms. The van der Waals surface area contributed by atoms with Crippen LogP contribution in [0, 0.1) is 11.6 Å². The fraction of sp³-hybridized carbons (Fsp3) is 0.133. The Kier molecular flexibility index (Phi) is 2.57. The Labute approximate surface area is 118 Å². The number of halogens is 2. The molecule has 1 aliphatic rings. The van der Waals surface area contributed by atoms with Gasteiger partial charge in [-0.2, -0.15) is 0 Å². The van der Waals surface area contributed by atoms with Crippen LogP contribution in [0.5, 0.6) is 11.5 Å². The molecule has 0 spiro atoms. The average Bonchev–Trinajstić information content (AvgIpc) is 2.90. The topological polar surface area (TPSA) is 47.1 Å². The molecule has 6 heteroatoms. The second-order valence-corrected chi connectivity index (χ2v) is 4.73. The standard InChI is InChI=1S/C15H10F2N2O2/c16-9-2-1-8(5-10(9)17)15-18-11-6-13-14(7-12(11)19-15)21-4-3-20-13/h1-2,5-7H,3-4H2,(H,18,19). The highest BCUT2D eigenvalue weighted by Gasteiger charge is 2.15. The van der Waals surface area contributed by atoms with Crippen LogP contribution in [0.2, 0.25) is 0 Å². The Hall–Kier alpha value is -2.63. The lowest BCUT2D eigenvalue weighted by atomic mass is 10.2. The number of hydrogen-bond acceptors (Lipinski definition) is 3. The number of hydrogen-bond donors (Lipinski definition) is 1. The minimum atomic E-state index is -0.904. The minimum Gasteiger partial charge on any atom is -0.486 e. The van der Waals surface area contributed by atoms with E-state index in [1.807, 2.05) is 0 Å². The van der Waals surface area contributed by atoms with Crippen LogP contribution >= 0.6 is 0 Å². The Balaban J connectivity index is 1.84. The monoisotopic (exact) mass is 288 g/mol. The van der Waals surface area contributed by atoms with Crippen molar-refractivity contribution in [1.29, 1.82) is 0 Å². The number of aromatic nitrogens is 2. The maximum Gasteiger partial charge on any atom is 0.163 e. The van der Waals surface area contributed by atoms with Crippen molar-refractivity contribution in [2.24, 2.45) is 0 Å². The van der Waals surface area contributed by atoms with Crippen molar-refractivity contribution in [1.82, 2.24) is 9.97 Å². The number of H-pyrrole nitrogens is 1. The summed E-state index contributed by atoms with van der Waals surface area (Å²) in [6, 6.07) is 7.22. The molecule has 0 saturated heterocycles. The molecule has 106 valence electrons. The van der Waals surface area contributed by atoms with Gasteiger partial charge in [-0.3, -0.25) is 0 Å². The number of benzene rings is 2. The molecule has 0 saturated carbocycles. The molecule has 0 atom stereocenters. The number of nitrogens with zero attached hydrogens (tertiary/aromatic N) is 1. The van der Waals surface area contributed by atoms with Gasteiger partial charge >= 0.3 is 0 Å². The lowest BCUT2D eigenvalue weighted by molar-refractivity contribution is 0.172. The zero-order valence-electron chi connectivity index (χ0n) is 10.8. The van der Waals surface area contributed by atoms with Crippen LogP contribution in [0.1, 0.15) is 0 Å². The highest BCUT2D eigenvalue weighted by Crippen LogP contribution is 2.34. The molecule has 0 radical (unpaired) electrons. The van der Waals surface area contributed by atoms with E-state index in [0.29, 0.717) is 41.6 Å². The van der Waals surface area contributed by atoms with E-state index in [1.165, 1.54) is 6.07 Å². The predicted octanol–water partition coefficient (Wildman–Crippen LogP) is 3.28. The molecule has 21 heavy (non-hydrogen) atoms. The van der Waals surface area contributed by atoms with Gasteiger partial charge in [0.25, 0.3) is 0 Å². The van der Waals surface area contributed by atoms with E-state index in [4.69, 9.17) is 9.47 Å². The van der Waals surface area contributed by atoms with Gasteiger partial charge in [-0.15, -0.1) is 0 Å². The molecule has 0 unspecified atom stereocenters. The molecule has 1 N–H and O–H groups in total. The van der Waals surface area contributed by atoms with Gasteiger partial charge in [0.1, 0.15) is 19.0 Å². The number of fused-ring (bicyclic) bond motifs is 2. The molecular weight excluding hydrogens is 278 g/mol. The van der Waals surface area contributed by atoms with Crippen molar-refractivity contribution in [3.63, 3.8) is 0 Å². The van der Waals surface area contributed by atoms with E-state index in [1.54, 1.807) is 12.1 Å². The van der Waals surface area contributed by atoms with Gasteiger partial charge in [-0.05, 0) is 18.2 Å². The van der Waals surface area contributed by atoms with Gasteiger partial charge in [-0.1, -0.05) is 0 Å². The molecule has 4 nitrogen and oxygen atoms in total. The van der Waals surface area contributed by atoms with Gasteiger partial charge in [0, 0.05) is 17.7 Å². The zero-order chi connectivity index (χ0) is 14.4. The quantitative estimate of drug-likeness (QED) is 0.747. The third kappa shape index (κ3) is 1.99. The van der Waals surface area contributed by atoms with E-state index >= 15 is 0 Å². The van der Waals surface area contributed by atoms with Crippen LogP contribution in [0.3, 0.4) is 0 Å². The number of ether oxygens (including phenoxy) is 2. The van der Waals surface area contributed by atoms with Gasteiger partial charge in [0.2, 0.25) is 0 Å². The fourth-order valence-electron chi connectivity index (χ4n) is 2.33. The van der Waals surface area contributed by atoms with Gasteiger partial charge in [-0.25, -0.2) is 13.8 Å². The first-order valence-electron chi connectivity index (χ1n) is 6.45. The maximum absolute atomic E-state index is 13.3. The Morgan fingerprint density at radius 1 is 0.952 bits per heavy atom. The van der Waals surface area contributed by atoms with Crippen LogP contribution in [0.15, 0.2) is 30.3 Å². The van der Waals surface area contributed by atoms with Crippen molar-refractivity contribution >= 4 is 11.0 Å². The van der Waals surface area contributed by atoms with Crippen molar-refractivity contribution in [3.8, 4) is 22.9 Å². The van der Waals surface area contributed by atoms with E-state index in [0.717, 1.165) is 17.6 Å². The third-order valence-corrected chi connectivity index (χ3v) is 3.34. The molecule has 3 aromatic rings. The van der Waals surface area contributed by atoms with Crippen molar-refractivity contribution in [2.45, 2.75) is 0 Å². The third-order valence-electron chi connectivity index (χ3n) is 3.34. The first-order valence-corrected chi connectivity index (χ1v) is 6.45. The largest absolute Gasteiger partial charge is 0.486 e. The number of imidazole rings is 1. The summed E-state index contributed by atoms with van der Waals surface area (Å²) in [5, 5.41) is 0. The van der Waals surface area contributed by atoms with Gasteiger partial charge in [0.15, 0.2) is 23.1 Å². The summed E-state index contributed by atoms with van der Waals surface area (Å²) in [5.74, 6) is -0.0383. The molecule has 0 amide bonds. The summed E-state index contributed by atoms with van der Waals surface area (Å²) < 4.78 is 37.3. The molecule has 1 aromatic heterocycles. The van der Waals surface area contributed by atoms with E-state index < -0.39 is 11.6 Å². The van der Waals surface area contributed by atoms with E-state index in [9.17, 15) is 8.78 Å². The fourth-order valence-corrected chi connectivity index (χ4v) is 2.33. The first kappa shape index (κ1) is 12.1. The Morgan fingerprint density at radius 2 is 1.71 bits per heavy atom. The van der Waals surface area contributed by atoms with Crippen molar-refractivity contribution in [2.75, 3.05) is 13.2 Å². The highest BCUT2D eigenvalue weighted by atomic mass is 19.2. The van der Waals surface area contributed by atoms with Gasteiger partial charge < -0.3 is 14.5 Å². The second kappa shape index (κ2) is 4.44. The van der Waals surface area contributed by atoms with Crippen molar-refractivity contribution < 1.29 is 18.3 Å². The molecule has 1 aliphatic heterocycles. The minimum absolute atomic E-state index is 0.464. The Morgan fingerprint density at radius 3 is 2.48 bits per heavy atom. The van der Waals surface area contributed by atoms with Crippen LogP contribution in [0.25, 0.3) is 22.4 Å². The first-order chi connectivity index (χ1) is 10.2. The van der Waals surface area contributed by atoms with Crippen LogP contribution < -0.4 is 9.47 Å². The molecular formula is C15H10F2N2O2. The molecule has 4 rings (SSSR count). The van der Waals surface area contributed by atoms with Gasteiger partial charge in [0.05, 0.1) is 11.0 Å². The summed E-state index contributed by atoms with van der Waals surface area (Å²) in [5.41, 5.74) is 1.91. The van der Waals surface area contributed by atoms with Crippen LogP contribution in [0.4, 0.5) is 8.78 Å². The average molecular weight is 288 g/mol. The molecule has 2 heterocycles. The zero-order valence-corrected chi connectivity index (χ0v) is 10.8. The lowest BCUT2D eigenvalue weighted by Crippen LogP contribution is -2.15. The lowest BCUT2D eigenvalue weighted by Gasteiger charge is -2.17. The molecule has 0 aliphatic carbocycles. The highest BCUT2D eigenvalue weighted by molar-refractivity contribution is 5.83. The predicted molar refractivity (Wildman–Crippen MR) is 72.4 cm³/mol. The van der Waals surface area contributed by atoms with E-state index in [2.05, 4.69) is 9.97 Å². The summed E-state index contributed by atoms with van der Waals surface area (Å²) in [4.78, 5) is 7.45. The number of nitrogens with one attached hydrogen (secondary N) is 1.